The molecule has 2 aromatic rings. The zero-order valence-electron chi connectivity index (χ0n) is 11.2. The van der Waals surface area contributed by atoms with Crippen molar-refractivity contribution in [2.75, 3.05) is 11.9 Å². The lowest BCUT2D eigenvalue weighted by Crippen LogP contribution is -2.14. The molecule has 1 aromatic carbocycles. The average molecular weight is 289 g/mol. The molecular formula is C14H12FN3O3. The molecule has 0 aliphatic rings. The molecule has 0 fully saturated rings. The number of amides is 1. The van der Waals surface area contributed by atoms with Crippen LogP contribution in [0.25, 0.3) is 0 Å². The van der Waals surface area contributed by atoms with Crippen molar-refractivity contribution < 1.29 is 18.8 Å². The third-order valence-electron chi connectivity index (χ3n) is 2.43. The highest BCUT2D eigenvalue weighted by molar-refractivity contribution is 6.03. The molecule has 21 heavy (non-hydrogen) atoms. The number of aliphatic hydroxyl groups excluding tert-OH is 1. The summed E-state index contributed by atoms with van der Waals surface area (Å²) in [7, 11) is 0. The molecule has 1 heterocycles. The van der Waals surface area contributed by atoms with Crippen molar-refractivity contribution in [3.05, 3.63) is 41.0 Å². The molecule has 1 amide bonds. The van der Waals surface area contributed by atoms with Crippen molar-refractivity contribution in [3.8, 4) is 11.8 Å². The summed E-state index contributed by atoms with van der Waals surface area (Å²) < 4.78 is 18.6. The molecular weight excluding hydrogens is 277 g/mol. The van der Waals surface area contributed by atoms with Crippen LogP contribution in [0.2, 0.25) is 0 Å². The Kier molecular flexibility index (Phi) is 4.64. The highest BCUT2D eigenvalue weighted by atomic mass is 19.1. The lowest BCUT2D eigenvalue weighted by molar-refractivity contribution is 0.101. The number of aliphatic hydroxyl groups is 1. The maximum atomic E-state index is 13.9. The fourth-order valence-corrected chi connectivity index (χ4v) is 1.51. The molecule has 2 N–H and O–H groups in total. The maximum Gasteiger partial charge on any atom is 0.328 e. The Hall–Kier alpha value is -2.72. The number of nitrogens with one attached hydrogen (secondary N) is 1. The summed E-state index contributed by atoms with van der Waals surface area (Å²) in [6.07, 6.45) is 0.306. The second kappa shape index (κ2) is 6.63. The molecule has 1 aromatic heterocycles. The minimum Gasteiger partial charge on any atom is -0.395 e. The zero-order valence-corrected chi connectivity index (χ0v) is 11.2. The van der Waals surface area contributed by atoms with Crippen LogP contribution < -0.4 is 5.32 Å². The maximum absolute atomic E-state index is 13.9. The fourth-order valence-electron chi connectivity index (χ4n) is 1.51. The van der Waals surface area contributed by atoms with Crippen LogP contribution in [0.15, 0.2) is 22.7 Å². The van der Waals surface area contributed by atoms with E-state index >= 15 is 0 Å². The molecule has 0 radical (unpaired) electrons. The van der Waals surface area contributed by atoms with Crippen molar-refractivity contribution >= 4 is 11.9 Å². The number of benzene rings is 1. The Morgan fingerprint density at radius 2 is 2.33 bits per heavy atom. The second-order valence-electron chi connectivity index (χ2n) is 4.07. The van der Waals surface area contributed by atoms with Gasteiger partial charge in [0.05, 0.1) is 12.2 Å². The lowest BCUT2D eigenvalue weighted by atomic mass is 10.1. The van der Waals surface area contributed by atoms with E-state index in [0.29, 0.717) is 17.8 Å². The minimum absolute atomic E-state index is 0.0560. The third-order valence-corrected chi connectivity index (χ3v) is 2.43. The smallest absolute Gasteiger partial charge is 0.328 e. The van der Waals surface area contributed by atoms with E-state index in [0.717, 1.165) is 6.07 Å². The number of hydrogen-bond acceptors (Lipinski definition) is 5. The monoisotopic (exact) mass is 289 g/mol. The number of aryl methyl sites for hydroxylation is 1. The molecule has 0 bridgehead atoms. The first kappa shape index (κ1) is 14.7. The Morgan fingerprint density at radius 1 is 1.52 bits per heavy atom. The van der Waals surface area contributed by atoms with Gasteiger partial charge in [-0.1, -0.05) is 17.0 Å². The van der Waals surface area contributed by atoms with E-state index < -0.39 is 11.7 Å². The van der Waals surface area contributed by atoms with Crippen molar-refractivity contribution in [1.29, 1.82) is 0 Å². The van der Waals surface area contributed by atoms with Crippen LogP contribution in [0.5, 0.6) is 0 Å². The number of anilines is 1. The van der Waals surface area contributed by atoms with Crippen LogP contribution in [0.1, 0.15) is 28.2 Å². The molecule has 0 spiro atoms. The SMILES string of the molecule is Cc1noc(NC(=O)c2ccc(C#CCCO)cc2F)n1. The molecule has 0 atom stereocenters. The molecule has 0 aliphatic heterocycles. The first-order valence-electron chi connectivity index (χ1n) is 6.11. The van der Waals surface area contributed by atoms with Crippen LogP contribution in [0, 0.1) is 24.6 Å². The van der Waals surface area contributed by atoms with Crippen LogP contribution in [0.3, 0.4) is 0 Å². The van der Waals surface area contributed by atoms with Gasteiger partial charge in [0.1, 0.15) is 5.82 Å². The van der Waals surface area contributed by atoms with Crippen molar-refractivity contribution in [1.82, 2.24) is 10.1 Å². The van der Waals surface area contributed by atoms with Gasteiger partial charge in [0.25, 0.3) is 5.91 Å². The molecule has 0 unspecified atom stereocenters. The van der Waals surface area contributed by atoms with Gasteiger partial charge in [-0.25, -0.2) is 4.39 Å². The quantitative estimate of drug-likeness (QED) is 0.836. The molecule has 0 aliphatic carbocycles. The molecule has 7 heteroatoms. The number of halogens is 1. The number of aromatic nitrogens is 2. The summed E-state index contributed by atoms with van der Waals surface area (Å²) >= 11 is 0. The first-order chi connectivity index (χ1) is 10.1. The van der Waals surface area contributed by atoms with Crippen LogP contribution in [-0.4, -0.2) is 27.8 Å². The van der Waals surface area contributed by atoms with Crippen molar-refractivity contribution in [2.24, 2.45) is 0 Å². The normalized spacial score (nSPS) is 9.86. The van der Waals surface area contributed by atoms with Gasteiger partial charge < -0.3 is 9.63 Å². The van der Waals surface area contributed by atoms with E-state index in [2.05, 4.69) is 27.3 Å². The number of carbonyl (C=O) groups is 1. The van der Waals surface area contributed by atoms with Gasteiger partial charge in [0, 0.05) is 12.0 Å². The van der Waals surface area contributed by atoms with Gasteiger partial charge in [-0.15, -0.1) is 0 Å². The fraction of sp³-hybridized carbons (Fsp3) is 0.214. The summed E-state index contributed by atoms with van der Waals surface area (Å²) in [6, 6.07) is 3.89. The van der Waals surface area contributed by atoms with Crippen LogP contribution >= 0.6 is 0 Å². The van der Waals surface area contributed by atoms with Gasteiger partial charge in [-0.3, -0.25) is 10.1 Å². The van der Waals surface area contributed by atoms with E-state index in [1.54, 1.807) is 6.92 Å². The topological polar surface area (TPSA) is 88.2 Å². The Morgan fingerprint density at radius 3 is 2.95 bits per heavy atom. The average Bonchev–Trinajstić information content (AvgIpc) is 2.84. The van der Waals surface area contributed by atoms with E-state index in [1.807, 2.05) is 0 Å². The van der Waals surface area contributed by atoms with Gasteiger partial charge in [-0.05, 0) is 25.1 Å². The highest BCUT2D eigenvalue weighted by Crippen LogP contribution is 2.12. The largest absolute Gasteiger partial charge is 0.395 e. The zero-order chi connectivity index (χ0) is 15.2. The summed E-state index contributed by atoms with van der Waals surface area (Å²) in [4.78, 5) is 15.7. The Balaban J connectivity index is 2.13. The standard InChI is InChI=1S/C14H12FN3O3/c1-9-16-14(21-18-9)17-13(20)11-6-5-10(8-12(11)15)4-2-3-7-19/h5-6,8,19H,3,7H2,1H3,(H,16,17,18,20). The summed E-state index contributed by atoms with van der Waals surface area (Å²) in [6.45, 7) is 1.54. The van der Waals surface area contributed by atoms with Crippen LogP contribution in [0.4, 0.5) is 10.4 Å². The van der Waals surface area contributed by atoms with Crippen molar-refractivity contribution in [3.63, 3.8) is 0 Å². The van der Waals surface area contributed by atoms with Gasteiger partial charge in [0.2, 0.25) is 0 Å². The predicted octanol–water partition coefficient (Wildman–Crippen LogP) is 1.50. The highest BCUT2D eigenvalue weighted by Gasteiger charge is 2.14. The van der Waals surface area contributed by atoms with Gasteiger partial charge in [0.15, 0.2) is 5.82 Å². The van der Waals surface area contributed by atoms with E-state index in [1.165, 1.54) is 12.1 Å². The predicted molar refractivity (Wildman–Crippen MR) is 72.0 cm³/mol. The van der Waals surface area contributed by atoms with Crippen LogP contribution in [-0.2, 0) is 0 Å². The summed E-state index contributed by atoms with van der Waals surface area (Å²) in [5.41, 5.74) is 0.268. The molecule has 0 saturated heterocycles. The Bertz CT molecular complexity index is 716. The number of carbonyl (C=O) groups excluding carboxylic acids is 1. The third kappa shape index (κ3) is 3.87. The van der Waals surface area contributed by atoms with E-state index in [4.69, 9.17) is 9.63 Å². The number of hydrogen-bond donors (Lipinski definition) is 2. The molecule has 6 nitrogen and oxygen atoms in total. The molecule has 0 saturated carbocycles. The number of rotatable bonds is 3. The summed E-state index contributed by atoms with van der Waals surface area (Å²) in [5, 5.41) is 14.4. The van der Waals surface area contributed by atoms with E-state index in [9.17, 15) is 9.18 Å². The van der Waals surface area contributed by atoms with Gasteiger partial charge in [-0.2, -0.15) is 4.98 Å². The number of nitrogens with zero attached hydrogens (tertiary/aromatic N) is 2. The first-order valence-corrected chi connectivity index (χ1v) is 6.11. The molecule has 2 rings (SSSR count). The van der Waals surface area contributed by atoms with Crippen molar-refractivity contribution in [2.45, 2.75) is 13.3 Å². The lowest BCUT2D eigenvalue weighted by Gasteiger charge is -2.02. The Labute approximate surface area is 120 Å². The van der Waals surface area contributed by atoms with Gasteiger partial charge >= 0.3 is 6.01 Å². The second-order valence-corrected chi connectivity index (χ2v) is 4.07. The summed E-state index contributed by atoms with van der Waals surface area (Å²) in [5.74, 6) is 4.32. The molecule has 108 valence electrons. The minimum atomic E-state index is -0.709. The van der Waals surface area contributed by atoms with E-state index in [-0.39, 0.29) is 18.2 Å².